The molecule has 1 heterocycles. The van der Waals surface area contributed by atoms with Crippen molar-refractivity contribution in [1.29, 1.82) is 0 Å². The molecule has 0 atom stereocenters. The molecule has 138 valence electrons. The van der Waals surface area contributed by atoms with Gasteiger partial charge >= 0.3 is 5.69 Å². The molecule has 2 rings (SSSR count). The maximum Gasteiger partial charge on any atom is 0.331 e. The van der Waals surface area contributed by atoms with Gasteiger partial charge in [0.15, 0.2) is 0 Å². The molecule has 1 amide bonds. The molecule has 0 aliphatic rings. The minimum atomic E-state index is -0.741. The Bertz CT molecular complexity index is 913. The SMILES string of the molecule is CCCCn1c(O)c(C(CC)=NNC(=O)c2ccccc2)c(=O)[nH]c1=O. The summed E-state index contributed by atoms with van der Waals surface area (Å²) in [5.74, 6) is -0.881. The normalized spacial score (nSPS) is 11.4. The van der Waals surface area contributed by atoms with Crippen molar-refractivity contribution in [2.75, 3.05) is 0 Å². The lowest BCUT2D eigenvalue weighted by Gasteiger charge is -2.12. The van der Waals surface area contributed by atoms with Gasteiger partial charge in [0.05, 0.1) is 5.71 Å². The van der Waals surface area contributed by atoms with Gasteiger partial charge in [-0.2, -0.15) is 5.10 Å². The van der Waals surface area contributed by atoms with E-state index in [9.17, 15) is 19.5 Å². The third-order valence-electron chi connectivity index (χ3n) is 3.86. The average molecular weight is 358 g/mol. The molecule has 0 radical (unpaired) electrons. The number of rotatable bonds is 7. The van der Waals surface area contributed by atoms with E-state index in [1.807, 2.05) is 6.92 Å². The van der Waals surface area contributed by atoms with E-state index in [1.165, 1.54) is 0 Å². The summed E-state index contributed by atoms with van der Waals surface area (Å²) >= 11 is 0. The minimum absolute atomic E-state index is 0.114. The fourth-order valence-electron chi connectivity index (χ4n) is 2.43. The molecule has 0 spiro atoms. The monoisotopic (exact) mass is 358 g/mol. The number of unbranched alkanes of at least 4 members (excludes halogenated alkanes) is 1. The second kappa shape index (κ2) is 8.80. The fourth-order valence-corrected chi connectivity index (χ4v) is 2.43. The van der Waals surface area contributed by atoms with Gasteiger partial charge in [0.2, 0.25) is 5.88 Å². The highest BCUT2D eigenvalue weighted by Crippen LogP contribution is 2.14. The maximum atomic E-state index is 12.2. The van der Waals surface area contributed by atoms with Gasteiger partial charge in [-0.15, -0.1) is 0 Å². The molecular formula is C18H22N4O4. The van der Waals surface area contributed by atoms with Gasteiger partial charge in [-0.25, -0.2) is 10.2 Å². The summed E-state index contributed by atoms with van der Waals surface area (Å²) < 4.78 is 1.10. The molecule has 0 saturated heterocycles. The van der Waals surface area contributed by atoms with Crippen molar-refractivity contribution in [1.82, 2.24) is 15.0 Å². The van der Waals surface area contributed by atoms with Gasteiger partial charge in [0, 0.05) is 12.1 Å². The third-order valence-corrected chi connectivity index (χ3v) is 3.86. The van der Waals surface area contributed by atoms with Crippen LogP contribution in [0.4, 0.5) is 0 Å². The Morgan fingerprint density at radius 3 is 2.54 bits per heavy atom. The first kappa shape index (κ1) is 19.2. The van der Waals surface area contributed by atoms with Crippen LogP contribution in [0, 0.1) is 0 Å². The number of hydrazone groups is 1. The van der Waals surface area contributed by atoms with E-state index in [4.69, 9.17) is 0 Å². The van der Waals surface area contributed by atoms with E-state index in [0.29, 0.717) is 12.0 Å². The molecule has 26 heavy (non-hydrogen) atoms. The Labute approximate surface area is 150 Å². The summed E-state index contributed by atoms with van der Waals surface area (Å²) in [6, 6.07) is 8.49. The number of nitrogens with one attached hydrogen (secondary N) is 2. The van der Waals surface area contributed by atoms with Crippen LogP contribution in [0.25, 0.3) is 0 Å². The van der Waals surface area contributed by atoms with Crippen LogP contribution in [-0.4, -0.2) is 26.3 Å². The van der Waals surface area contributed by atoms with Crippen LogP contribution >= 0.6 is 0 Å². The second-order valence-electron chi connectivity index (χ2n) is 5.68. The van der Waals surface area contributed by atoms with Crippen molar-refractivity contribution < 1.29 is 9.90 Å². The van der Waals surface area contributed by atoms with E-state index in [0.717, 1.165) is 11.0 Å². The summed E-state index contributed by atoms with van der Waals surface area (Å²) in [6.07, 6.45) is 1.77. The average Bonchev–Trinajstić information content (AvgIpc) is 2.64. The molecule has 0 bridgehead atoms. The summed E-state index contributed by atoms with van der Waals surface area (Å²) in [5.41, 5.74) is 1.44. The van der Waals surface area contributed by atoms with Crippen LogP contribution in [0.15, 0.2) is 45.0 Å². The molecule has 8 nitrogen and oxygen atoms in total. The van der Waals surface area contributed by atoms with Crippen molar-refractivity contribution in [3.63, 3.8) is 0 Å². The van der Waals surface area contributed by atoms with Crippen LogP contribution in [0.1, 0.15) is 49.0 Å². The van der Waals surface area contributed by atoms with E-state index in [-0.39, 0.29) is 24.2 Å². The predicted octanol–water partition coefficient (Wildman–Crippen LogP) is 1.59. The number of hydrogen-bond donors (Lipinski definition) is 3. The Hall–Kier alpha value is -3.16. The van der Waals surface area contributed by atoms with Gasteiger partial charge in [0.25, 0.3) is 11.5 Å². The van der Waals surface area contributed by atoms with Gasteiger partial charge in [-0.1, -0.05) is 38.5 Å². The number of carbonyl (C=O) groups is 1. The Morgan fingerprint density at radius 1 is 1.23 bits per heavy atom. The first-order valence-corrected chi connectivity index (χ1v) is 8.48. The number of hydrogen-bond acceptors (Lipinski definition) is 5. The molecule has 3 N–H and O–H groups in total. The summed E-state index contributed by atoms with van der Waals surface area (Å²) in [5, 5.41) is 14.4. The van der Waals surface area contributed by atoms with Crippen molar-refractivity contribution in [2.24, 2.45) is 5.10 Å². The summed E-state index contributed by atoms with van der Waals surface area (Å²) in [6.45, 7) is 3.96. The van der Waals surface area contributed by atoms with Crippen molar-refractivity contribution in [3.8, 4) is 5.88 Å². The summed E-state index contributed by atoms with van der Waals surface area (Å²) in [7, 11) is 0. The molecule has 1 aromatic heterocycles. The lowest BCUT2D eigenvalue weighted by molar-refractivity contribution is 0.0954. The van der Waals surface area contributed by atoms with E-state index in [2.05, 4.69) is 15.5 Å². The molecule has 0 saturated carbocycles. The zero-order valence-corrected chi connectivity index (χ0v) is 14.8. The molecule has 0 aliphatic carbocycles. The molecule has 0 unspecified atom stereocenters. The molecule has 0 aliphatic heterocycles. The number of H-pyrrole nitrogens is 1. The largest absolute Gasteiger partial charge is 0.494 e. The fraction of sp³-hybridized carbons (Fsp3) is 0.333. The zero-order chi connectivity index (χ0) is 19.1. The standard InChI is InChI=1S/C18H22N4O4/c1-3-5-11-22-17(25)14(16(24)19-18(22)26)13(4-2)20-21-15(23)12-9-7-6-8-10-12/h6-10,25H,3-5,11H2,1-2H3,(H,21,23)(H,19,24,26). The highest BCUT2D eigenvalue weighted by atomic mass is 16.3. The van der Waals surface area contributed by atoms with Crippen molar-refractivity contribution in [3.05, 3.63) is 62.3 Å². The summed E-state index contributed by atoms with van der Waals surface area (Å²) in [4.78, 5) is 38.4. The number of amides is 1. The van der Waals surface area contributed by atoms with Crippen LogP contribution in [0.2, 0.25) is 0 Å². The van der Waals surface area contributed by atoms with E-state index >= 15 is 0 Å². The lowest BCUT2D eigenvalue weighted by atomic mass is 10.1. The quantitative estimate of drug-likeness (QED) is 0.515. The number of aromatic nitrogens is 2. The Morgan fingerprint density at radius 2 is 1.92 bits per heavy atom. The number of carbonyl (C=O) groups excluding carboxylic acids is 1. The zero-order valence-electron chi connectivity index (χ0n) is 14.8. The van der Waals surface area contributed by atoms with Crippen LogP contribution in [-0.2, 0) is 6.54 Å². The van der Waals surface area contributed by atoms with Crippen LogP contribution in [0.3, 0.4) is 0 Å². The van der Waals surface area contributed by atoms with Crippen molar-refractivity contribution in [2.45, 2.75) is 39.7 Å². The highest BCUT2D eigenvalue weighted by Gasteiger charge is 2.18. The van der Waals surface area contributed by atoms with Gasteiger partial charge in [0.1, 0.15) is 5.56 Å². The minimum Gasteiger partial charge on any atom is -0.494 e. The van der Waals surface area contributed by atoms with Gasteiger partial charge < -0.3 is 5.11 Å². The predicted molar refractivity (Wildman–Crippen MR) is 98.6 cm³/mol. The topological polar surface area (TPSA) is 117 Å². The Balaban J connectivity index is 2.39. The van der Waals surface area contributed by atoms with E-state index < -0.39 is 23.0 Å². The number of aromatic amines is 1. The molecule has 1 aromatic carbocycles. The number of nitrogens with zero attached hydrogens (tertiary/aromatic N) is 2. The van der Waals surface area contributed by atoms with Gasteiger partial charge in [-0.05, 0) is 25.0 Å². The van der Waals surface area contributed by atoms with Crippen molar-refractivity contribution >= 4 is 11.6 Å². The van der Waals surface area contributed by atoms with Gasteiger partial charge in [-0.3, -0.25) is 19.1 Å². The number of aromatic hydroxyl groups is 1. The highest BCUT2D eigenvalue weighted by molar-refractivity contribution is 6.03. The lowest BCUT2D eigenvalue weighted by Crippen LogP contribution is -2.34. The van der Waals surface area contributed by atoms with Crippen LogP contribution < -0.4 is 16.7 Å². The smallest absolute Gasteiger partial charge is 0.331 e. The second-order valence-corrected chi connectivity index (χ2v) is 5.68. The van der Waals surface area contributed by atoms with E-state index in [1.54, 1.807) is 37.3 Å². The molecule has 0 fully saturated rings. The molecular weight excluding hydrogens is 336 g/mol. The first-order valence-electron chi connectivity index (χ1n) is 8.48. The molecule has 2 aromatic rings. The van der Waals surface area contributed by atoms with Crippen LogP contribution in [0.5, 0.6) is 5.88 Å². The third kappa shape index (κ3) is 4.27. The molecule has 8 heteroatoms. The maximum absolute atomic E-state index is 12.2. The first-order chi connectivity index (χ1) is 12.5. The number of benzene rings is 1. The Kier molecular flexibility index (Phi) is 6.48.